The summed E-state index contributed by atoms with van der Waals surface area (Å²) in [5.41, 5.74) is 0. The van der Waals surface area contributed by atoms with Crippen molar-refractivity contribution in [2.24, 2.45) is 5.92 Å². The molecule has 0 N–H and O–H groups in total. The maximum atomic E-state index is 3.32. The smallest absolute Gasteiger partial charge is 0.0209 e. The zero-order valence-electron chi connectivity index (χ0n) is 8.52. The van der Waals surface area contributed by atoms with E-state index in [0.29, 0.717) is 5.92 Å². The summed E-state index contributed by atoms with van der Waals surface area (Å²) in [7, 11) is 0. The zero-order chi connectivity index (χ0) is 9.23. The van der Waals surface area contributed by atoms with Gasteiger partial charge in [-0.3, -0.25) is 0 Å². The van der Waals surface area contributed by atoms with Crippen LogP contribution in [0.3, 0.4) is 0 Å². The Balaban J connectivity index is 3.60. The van der Waals surface area contributed by atoms with E-state index in [1.165, 1.54) is 25.7 Å². The van der Waals surface area contributed by atoms with Gasteiger partial charge in [0.25, 0.3) is 0 Å². The molecule has 0 aromatic carbocycles. The van der Waals surface area contributed by atoms with Gasteiger partial charge in [0.1, 0.15) is 0 Å². The third-order valence-electron chi connectivity index (χ3n) is 1.88. The topological polar surface area (TPSA) is 0 Å². The molecule has 1 unspecified atom stereocenters. The third kappa shape index (κ3) is 6.61. The second-order valence-corrected chi connectivity index (χ2v) is 4.00. The number of hydrogen-bond donors (Lipinski definition) is 0. The summed E-state index contributed by atoms with van der Waals surface area (Å²) in [6, 6.07) is 0. The molecule has 0 saturated carbocycles. The van der Waals surface area contributed by atoms with Crippen molar-refractivity contribution in [3.05, 3.63) is 0 Å². The molecule has 1 atom stereocenters. The van der Waals surface area contributed by atoms with Gasteiger partial charge in [-0.15, -0.1) is 0 Å². The first-order chi connectivity index (χ1) is 5.85. The Hall–Kier alpha value is -0.0900. The van der Waals surface area contributed by atoms with E-state index in [9.17, 15) is 0 Å². The molecule has 0 aromatic heterocycles. The van der Waals surface area contributed by atoms with Crippen LogP contribution in [0.15, 0.2) is 0 Å². The van der Waals surface area contributed by atoms with Crippen LogP contribution in [0.4, 0.5) is 0 Å². The summed E-state index contributed by atoms with van der Waals surface area (Å²) in [5.74, 6) is 5.07. The van der Waals surface area contributed by atoms with E-state index in [-0.39, 0.29) is 0 Å². The summed E-state index contributed by atoms with van der Waals surface area (Å²) in [4.78, 5) is 0. The largest absolute Gasteiger partial charge is 0.0879 e. The fourth-order valence-electron chi connectivity index (χ4n) is 1.03. The Morgan fingerprint density at radius 2 is 2.00 bits per heavy atom. The van der Waals surface area contributed by atoms with Gasteiger partial charge in [0.05, 0.1) is 0 Å². The Morgan fingerprint density at radius 3 is 2.50 bits per heavy atom. The van der Waals surface area contributed by atoms with Gasteiger partial charge in [0.2, 0.25) is 0 Å². The molecule has 0 aliphatic heterocycles. The van der Waals surface area contributed by atoms with Crippen molar-refractivity contribution in [2.45, 2.75) is 46.5 Å². The molecule has 70 valence electrons. The molecule has 12 heavy (non-hydrogen) atoms. The lowest BCUT2D eigenvalue weighted by atomic mass is 10.0. The molecular formula is C11H20S. The molecule has 0 aliphatic rings. The fourth-order valence-corrected chi connectivity index (χ4v) is 1.42. The maximum Gasteiger partial charge on any atom is 0.0209 e. The highest BCUT2D eigenvalue weighted by Gasteiger charge is 1.99. The first kappa shape index (κ1) is 11.9. The molecule has 0 radical (unpaired) electrons. The number of rotatable bonds is 5. The molecule has 0 fully saturated rings. The molecule has 0 heterocycles. The Labute approximate surface area is 81.5 Å². The molecular weight excluding hydrogens is 164 g/mol. The average Bonchev–Trinajstić information content (AvgIpc) is 2.11. The van der Waals surface area contributed by atoms with Crippen molar-refractivity contribution in [3.8, 4) is 11.2 Å². The fraction of sp³-hybridized carbons (Fsp3) is 0.818. The van der Waals surface area contributed by atoms with Gasteiger partial charge in [0, 0.05) is 11.7 Å². The normalized spacial score (nSPS) is 11.9. The molecule has 0 aromatic rings. The van der Waals surface area contributed by atoms with E-state index in [1.807, 2.05) is 0 Å². The average molecular weight is 184 g/mol. The standard InChI is InChI=1S/C11H20S/c1-4-7-8-11(5-2)9-10-12-6-3/h11H,4-8H2,1-3H3. The van der Waals surface area contributed by atoms with Gasteiger partial charge in [-0.1, -0.05) is 51.3 Å². The van der Waals surface area contributed by atoms with Crippen LogP contribution in [-0.4, -0.2) is 5.75 Å². The van der Waals surface area contributed by atoms with Crippen LogP contribution in [-0.2, 0) is 0 Å². The van der Waals surface area contributed by atoms with E-state index in [4.69, 9.17) is 0 Å². The minimum absolute atomic E-state index is 0.643. The van der Waals surface area contributed by atoms with Crippen molar-refractivity contribution in [3.63, 3.8) is 0 Å². The highest BCUT2D eigenvalue weighted by Crippen LogP contribution is 2.11. The van der Waals surface area contributed by atoms with Crippen LogP contribution < -0.4 is 0 Å². The molecule has 0 spiro atoms. The first-order valence-corrected chi connectivity index (χ1v) is 5.95. The summed E-state index contributed by atoms with van der Waals surface area (Å²) >= 11 is 1.72. The SMILES string of the molecule is CCCCC(C#CSCC)CC. The summed E-state index contributed by atoms with van der Waals surface area (Å²) < 4.78 is 0. The lowest BCUT2D eigenvalue weighted by Crippen LogP contribution is -1.93. The number of unbranched alkanes of at least 4 members (excludes halogenated alkanes) is 1. The number of thioether (sulfide) groups is 1. The maximum absolute atomic E-state index is 3.32. The van der Waals surface area contributed by atoms with E-state index in [0.717, 1.165) is 5.75 Å². The Morgan fingerprint density at radius 1 is 1.25 bits per heavy atom. The van der Waals surface area contributed by atoms with Crippen LogP contribution in [0.1, 0.15) is 46.5 Å². The second-order valence-electron chi connectivity index (χ2n) is 2.93. The minimum atomic E-state index is 0.643. The summed E-state index contributed by atoms with van der Waals surface area (Å²) in [6.45, 7) is 6.61. The Bertz CT molecular complexity index is 141. The minimum Gasteiger partial charge on any atom is -0.0879 e. The van der Waals surface area contributed by atoms with Gasteiger partial charge in [-0.25, -0.2) is 0 Å². The zero-order valence-corrected chi connectivity index (χ0v) is 9.34. The lowest BCUT2D eigenvalue weighted by molar-refractivity contribution is 0.556. The van der Waals surface area contributed by atoms with Crippen LogP contribution in [0.2, 0.25) is 0 Å². The van der Waals surface area contributed by atoms with Gasteiger partial charge >= 0.3 is 0 Å². The van der Waals surface area contributed by atoms with Crippen LogP contribution in [0, 0.1) is 17.1 Å². The second kappa shape index (κ2) is 9.00. The van der Waals surface area contributed by atoms with Gasteiger partial charge in [0.15, 0.2) is 0 Å². The highest BCUT2D eigenvalue weighted by atomic mass is 32.2. The monoisotopic (exact) mass is 184 g/mol. The first-order valence-electron chi connectivity index (χ1n) is 4.97. The van der Waals surface area contributed by atoms with Gasteiger partial charge in [-0.2, -0.15) is 0 Å². The molecule has 0 bridgehead atoms. The van der Waals surface area contributed by atoms with E-state index < -0.39 is 0 Å². The molecule has 0 aliphatic carbocycles. The van der Waals surface area contributed by atoms with Gasteiger partial charge in [-0.05, 0) is 18.1 Å². The molecule has 0 saturated heterocycles. The van der Waals surface area contributed by atoms with Crippen LogP contribution >= 0.6 is 11.8 Å². The predicted molar refractivity (Wildman–Crippen MR) is 59.2 cm³/mol. The van der Waals surface area contributed by atoms with Crippen molar-refractivity contribution >= 4 is 11.8 Å². The Kier molecular flexibility index (Phi) is 8.93. The van der Waals surface area contributed by atoms with Crippen molar-refractivity contribution in [2.75, 3.05) is 5.75 Å². The van der Waals surface area contributed by atoms with Crippen LogP contribution in [0.5, 0.6) is 0 Å². The van der Waals surface area contributed by atoms with E-state index in [2.05, 4.69) is 31.9 Å². The molecule has 0 nitrogen and oxygen atoms in total. The molecule has 0 rings (SSSR count). The summed E-state index contributed by atoms with van der Waals surface area (Å²) in [6.07, 6.45) is 5.10. The molecule has 0 amide bonds. The van der Waals surface area contributed by atoms with E-state index in [1.54, 1.807) is 11.8 Å². The van der Waals surface area contributed by atoms with Crippen molar-refractivity contribution in [1.29, 1.82) is 0 Å². The lowest BCUT2D eigenvalue weighted by Gasteiger charge is -2.04. The third-order valence-corrected chi connectivity index (χ3v) is 2.43. The number of hydrogen-bond acceptors (Lipinski definition) is 1. The van der Waals surface area contributed by atoms with E-state index >= 15 is 0 Å². The summed E-state index contributed by atoms with van der Waals surface area (Å²) in [5, 5.41) is 3.16. The highest BCUT2D eigenvalue weighted by molar-refractivity contribution is 8.03. The predicted octanol–water partition coefficient (Wildman–Crippen LogP) is 3.92. The van der Waals surface area contributed by atoms with Crippen molar-refractivity contribution < 1.29 is 0 Å². The van der Waals surface area contributed by atoms with Crippen LogP contribution in [0.25, 0.3) is 0 Å². The van der Waals surface area contributed by atoms with Crippen molar-refractivity contribution in [1.82, 2.24) is 0 Å². The molecule has 1 heteroatoms. The van der Waals surface area contributed by atoms with Gasteiger partial charge < -0.3 is 0 Å². The quantitative estimate of drug-likeness (QED) is 0.584.